The minimum Gasteiger partial charge on any atom is -0.345 e. The van der Waals surface area contributed by atoms with E-state index in [1.165, 1.54) is 6.92 Å². The minimum absolute atomic E-state index is 0.00570. The summed E-state index contributed by atoms with van der Waals surface area (Å²) >= 11 is 0. The summed E-state index contributed by atoms with van der Waals surface area (Å²) in [6.45, 7) is 14.3. The lowest BCUT2D eigenvalue weighted by Gasteiger charge is -2.61. The molecule has 11 nitrogen and oxygen atoms in total. The maximum Gasteiger partial charge on any atom is 0.331 e. The van der Waals surface area contributed by atoms with Crippen molar-refractivity contribution in [1.29, 1.82) is 0 Å². The molecule has 2 spiro atoms. The molecule has 2 saturated carbocycles. The van der Waals surface area contributed by atoms with Gasteiger partial charge in [-0.25, -0.2) is 24.3 Å². The van der Waals surface area contributed by atoms with Gasteiger partial charge < -0.3 is 23.8 Å². The van der Waals surface area contributed by atoms with E-state index in [1.54, 1.807) is 0 Å². The van der Waals surface area contributed by atoms with E-state index in [4.69, 9.17) is 43.3 Å². The van der Waals surface area contributed by atoms with Crippen LogP contribution in [0.1, 0.15) is 106 Å². The third-order valence-corrected chi connectivity index (χ3v) is 13.5. The van der Waals surface area contributed by atoms with Crippen molar-refractivity contribution in [2.45, 2.75) is 154 Å². The second kappa shape index (κ2) is 10.7. The van der Waals surface area contributed by atoms with Crippen molar-refractivity contribution in [3.05, 3.63) is 0 Å². The fraction of sp³-hybridized carbons (Fsp3) is 0.941. The number of rotatable bonds is 4. The Morgan fingerprint density at radius 1 is 0.711 bits per heavy atom. The van der Waals surface area contributed by atoms with Gasteiger partial charge >= 0.3 is 5.97 Å². The number of fused-ring (bicyclic) bond motifs is 4. The summed E-state index contributed by atoms with van der Waals surface area (Å²) in [7, 11) is 0. The second-order valence-corrected chi connectivity index (χ2v) is 16.1. The van der Waals surface area contributed by atoms with E-state index in [0.717, 1.165) is 51.4 Å². The first-order valence-corrected chi connectivity index (χ1v) is 17.5. The van der Waals surface area contributed by atoms with Crippen molar-refractivity contribution in [3.8, 4) is 0 Å². The van der Waals surface area contributed by atoms with E-state index < -0.39 is 47.4 Å². The Morgan fingerprint density at radius 3 is 1.80 bits per heavy atom. The summed E-state index contributed by atoms with van der Waals surface area (Å²) in [5.74, 6) is -0.299. The first-order valence-electron chi connectivity index (χ1n) is 17.5. The van der Waals surface area contributed by atoms with E-state index >= 15 is 0 Å². The topological polar surface area (TPSA) is 113 Å². The van der Waals surface area contributed by atoms with Crippen molar-refractivity contribution in [1.82, 2.24) is 0 Å². The highest BCUT2D eigenvalue weighted by Crippen LogP contribution is 2.63. The SMILES string of the molecule is CC(=O)O/N=C(/C[C@H]1O[C@@H]2O[C@@]3(C)CC[C@H]4[C@H](C)CC[C@@H]([C@H]1C)[C@@]24OO3)[C@H]1O[C@@H]2O[C@@]3(C)CC[C@H]4[C@H](C)CC[C@@H]([C@H]1C)[C@@]24OO3. The number of carbonyl (C=O) groups excluding carboxylic acids is 1. The van der Waals surface area contributed by atoms with Crippen LogP contribution in [-0.4, -0.2) is 59.2 Å². The van der Waals surface area contributed by atoms with E-state index in [0.29, 0.717) is 24.0 Å². The van der Waals surface area contributed by atoms with E-state index in [9.17, 15) is 4.79 Å². The fourth-order valence-electron chi connectivity index (χ4n) is 11.0. The normalized spacial score (nSPS) is 56.9. The van der Waals surface area contributed by atoms with Gasteiger partial charge in [0, 0.05) is 38.0 Å². The van der Waals surface area contributed by atoms with Crippen molar-refractivity contribution >= 4 is 11.7 Å². The van der Waals surface area contributed by atoms with Crippen LogP contribution in [-0.2, 0) is 48.1 Å². The van der Waals surface area contributed by atoms with Gasteiger partial charge in [-0.15, -0.1) is 0 Å². The minimum atomic E-state index is -0.881. The molecule has 8 heterocycles. The van der Waals surface area contributed by atoms with Crippen LogP contribution in [0.25, 0.3) is 0 Å². The zero-order valence-corrected chi connectivity index (χ0v) is 27.8. The van der Waals surface area contributed by atoms with Crippen LogP contribution < -0.4 is 0 Å². The van der Waals surface area contributed by atoms with Crippen LogP contribution in [0.5, 0.6) is 0 Å². The van der Waals surface area contributed by atoms with Crippen LogP contribution >= 0.6 is 0 Å². The van der Waals surface area contributed by atoms with Crippen LogP contribution in [0, 0.1) is 47.3 Å². The number of nitrogens with zero attached hydrogens (tertiary/aromatic N) is 1. The summed E-state index contributed by atoms with van der Waals surface area (Å²) in [5.41, 5.74) is -0.690. The molecular formula is C34H51NO10. The number of hydrogen-bond donors (Lipinski definition) is 0. The molecule has 0 radical (unpaired) electrons. The largest absolute Gasteiger partial charge is 0.345 e. The van der Waals surface area contributed by atoms with Gasteiger partial charge in [-0.3, -0.25) is 0 Å². The van der Waals surface area contributed by atoms with Gasteiger partial charge in [-0.2, -0.15) is 0 Å². The predicted molar refractivity (Wildman–Crippen MR) is 157 cm³/mol. The zero-order chi connectivity index (χ0) is 31.5. The standard InChI is InChI=1S/C34H51NO10/c1-17-8-10-24-19(3)27(37-29-33(24)22(17)12-14-31(6,39-29)42-44-33)16-26(35-41-21(5)36)28-20(4)25-11-9-18(2)23-13-15-32(7)40-30(38-28)34(23,25)45-43-32/h17-20,22-25,27-30H,8-16H2,1-7H3/b35-26-/t17-,18-,19-,20-,22+,23+,24+,25+,27-,28+,29-,30-,31-,32-,33-,34-/m1/s1. The van der Waals surface area contributed by atoms with Crippen LogP contribution in [0.4, 0.5) is 0 Å². The highest BCUT2D eigenvalue weighted by molar-refractivity contribution is 5.90. The van der Waals surface area contributed by atoms with Crippen LogP contribution in [0.2, 0.25) is 0 Å². The van der Waals surface area contributed by atoms with Crippen LogP contribution in [0.15, 0.2) is 5.16 Å². The lowest BCUT2D eigenvalue weighted by molar-refractivity contribution is -0.571. The Morgan fingerprint density at radius 2 is 1.24 bits per heavy atom. The number of carbonyl (C=O) groups is 1. The monoisotopic (exact) mass is 633 g/mol. The number of ether oxygens (including phenoxy) is 4. The summed E-state index contributed by atoms with van der Waals surface area (Å²) in [6.07, 6.45) is 6.16. The first-order chi connectivity index (χ1) is 21.4. The molecule has 8 saturated heterocycles. The van der Waals surface area contributed by atoms with Gasteiger partial charge in [-0.1, -0.05) is 32.9 Å². The summed E-state index contributed by atoms with van der Waals surface area (Å²) < 4.78 is 27.1. The molecule has 4 bridgehead atoms. The molecule has 252 valence electrons. The van der Waals surface area contributed by atoms with E-state index in [2.05, 4.69) is 32.9 Å². The zero-order valence-electron chi connectivity index (χ0n) is 27.8. The molecule has 16 atom stereocenters. The van der Waals surface area contributed by atoms with Crippen molar-refractivity contribution in [2.24, 2.45) is 52.5 Å². The lowest BCUT2D eigenvalue weighted by Crippen LogP contribution is -2.71. The van der Waals surface area contributed by atoms with Gasteiger partial charge in [0.25, 0.3) is 0 Å². The maximum atomic E-state index is 12.1. The highest BCUT2D eigenvalue weighted by atomic mass is 17.3. The van der Waals surface area contributed by atoms with Crippen molar-refractivity contribution in [2.75, 3.05) is 0 Å². The third kappa shape index (κ3) is 4.51. The Hall–Kier alpha value is -1.18. The summed E-state index contributed by atoms with van der Waals surface area (Å²) in [4.78, 5) is 42.3. The fourth-order valence-corrected chi connectivity index (χ4v) is 11.0. The molecule has 2 aliphatic carbocycles. The maximum absolute atomic E-state index is 12.1. The van der Waals surface area contributed by atoms with Gasteiger partial charge in [0.2, 0.25) is 11.6 Å². The van der Waals surface area contributed by atoms with Gasteiger partial charge in [0.1, 0.15) is 6.10 Å². The Kier molecular flexibility index (Phi) is 7.37. The summed E-state index contributed by atoms with van der Waals surface area (Å²) in [6, 6.07) is 0. The third-order valence-electron chi connectivity index (χ3n) is 13.5. The highest BCUT2D eigenvalue weighted by Gasteiger charge is 2.71. The summed E-state index contributed by atoms with van der Waals surface area (Å²) in [5, 5.41) is 4.50. The Bertz CT molecular complexity index is 1230. The molecule has 0 N–H and O–H groups in total. The first kappa shape index (κ1) is 31.1. The smallest absolute Gasteiger partial charge is 0.331 e. The van der Waals surface area contributed by atoms with E-state index in [1.807, 2.05) is 13.8 Å². The molecule has 0 aromatic rings. The molecule has 11 heteroatoms. The molecule has 8 aliphatic heterocycles. The second-order valence-electron chi connectivity index (χ2n) is 16.1. The van der Waals surface area contributed by atoms with E-state index in [-0.39, 0.29) is 41.6 Å². The molecule has 45 heavy (non-hydrogen) atoms. The molecule has 10 rings (SSSR count). The molecule has 0 amide bonds. The molecule has 0 aromatic carbocycles. The molecule has 0 aromatic heterocycles. The average molecular weight is 634 g/mol. The van der Waals surface area contributed by atoms with Crippen molar-refractivity contribution < 1.29 is 48.1 Å². The van der Waals surface area contributed by atoms with Gasteiger partial charge in [-0.05, 0) is 87.9 Å². The number of hydrogen-bond acceptors (Lipinski definition) is 11. The molecule has 10 aliphatic rings. The van der Waals surface area contributed by atoms with Crippen molar-refractivity contribution in [3.63, 3.8) is 0 Å². The predicted octanol–water partition coefficient (Wildman–Crippen LogP) is 5.80. The molecular weight excluding hydrogens is 582 g/mol. The molecule has 10 fully saturated rings. The van der Waals surface area contributed by atoms with Crippen LogP contribution in [0.3, 0.4) is 0 Å². The Labute approximate surface area is 266 Å². The lowest BCUT2D eigenvalue weighted by atomic mass is 9.56. The van der Waals surface area contributed by atoms with Gasteiger partial charge in [0.05, 0.1) is 11.8 Å². The quantitative estimate of drug-likeness (QED) is 0.163. The Balaban J connectivity index is 1.12. The average Bonchev–Trinajstić information content (AvgIpc) is 3.37. The number of oxime groups is 1. The van der Waals surface area contributed by atoms with Gasteiger partial charge in [0.15, 0.2) is 23.8 Å². The molecule has 0 unspecified atom stereocenters.